The van der Waals surface area contributed by atoms with E-state index in [1.807, 2.05) is 12.1 Å². The van der Waals surface area contributed by atoms with E-state index in [9.17, 15) is 9.59 Å². The third-order valence-corrected chi connectivity index (χ3v) is 6.05. The van der Waals surface area contributed by atoms with Crippen molar-refractivity contribution in [3.63, 3.8) is 0 Å². The highest BCUT2D eigenvalue weighted by molar-refractivity contribution is 5.94. The minimum Gasteiger partial charge on any atom is -0.496 e. The number of methoxy groups -OCH3 is 2. The van der Waals surface area contributed by atoms with Crippen molar-refractivity contribution >= 4 is 12.1 Å². The molecule has 1 amide bonds. The van der Waals surface area contributed by atoms with Crippen molar-refractivity contribution in [2.45, 2.75) is 71.0 Å². The zero-order valence-electron chi connectivity index (χ0n) is 22.0. The van der Waals surface area contributed by atoms with Gasteiger partial charge >= 0.3 is 12.1 Å². The summed E-state index contributed by atoms with van der Waals surface area (Å²) < 4.78 is 27.7. The van der Waals surface area contributed by atoms with E-state index < -0.39 is 18.2 Å². The number of carbonyl (C=O) groups excluding carboxylic acids is 2. The fourth-order valence-corrected chi connectivity index (χ4v) is 4.01. The average molecular weight is 504 g/mol. The van der Waals surface area contributed by atoms with Gasteiger partial charge in [0.25, 0.3) is 0 Å². The van der Waals surface area contributed by atoms with Gasteiger partial charge in [0, 0.05) is 26.2 Å². The van der Waals surface area contributed by atoms with E-state index in [-0.39, 0.29) is 18.8 Å². The molecule has 0 radical (unpaired) electrons. The second kappa shape index (κ2) is 16.8. The summed E-state index contributed by atoms with van der Waals surface area (Å²) in [5, 5.41) is 2.60. The van der Waals surface area contributed by atoms with Gasteiger partial charge < -0.3 is 23.7 Å². The molecule has 0 spiro atoms. The molecule has 0 fully saturated rings. The molecule has 2 rings (SSSR count). The second-order valence-electron chi connectivity index (χ2n) is 8.88. The van der Waals surface area contributed by atoms with Gasteiger partial charge in [0.1, 0.15) is 24.2 Å². The first-order valence-electron chi connectivity index (χ1n) is 12.7. The number of hydrogen-bond acceptors (Lipinski definition) is 7. The molecule has 3 unspecified atom stereocenters. The van der Waals surface area contributed by atoms with E-state index >= 15 is 0 Å². The third-order valence-electron chi connectivity index (χ3n) is 6.05. The Balaban J connectivity index is 2.17. The number of carbonyl (C=O) groups is 2. The van der Waals surface area contributed by atoms with Crippen LogP contribution >= 0.6 is 0 Å². The van der Waals surface area contributed by atoms with Crippen LogP contribution in [0.2, 0.25) is 0 Å². The predicted molar refractivity (Wildman–Crippen MR) is 138 cm³/mol. The molecule has 36 heavy (non-hydrogen) atoms. The Kier molecular flexibility index (Phi) is 13.7. The van der Waals surface area contributed by atoms with Gasteiger partial charge in [0.15, 0.2) is 0 Å². The molecule has 1 N–H and O–H groups in total. The van der Waals surface area contributed by atoms with E-state index in [4.69, 9.17) is 23.7 Å². The Morgan fingerprint density at radius 2 is 2.06 bits per heavy atom. The number of esters is 1. The molecule has 1 aromatic rings. The number of alkyl carbamates (subject to hydrolysis) is 1. The Morgan fingerprint density at radius 1 is 1.22 bits per heavy atom. The lowest BCUT2D eigenvalue weighted by Crippen LogP contribution is -2.31. The molecule has 1 aliphatic rings. The van der Waals surface area contributed by atoms with E-state index in [0.29, 0.717) is 37.2 Å². The van der Waals surface area contributed by atoms with Crippen molar-refractivity contribution in [2.24, 2.45) is 5.92 Å². The smallest absolute Gasteiger partial charge is 0.411 e. The summed E-state index contributed by atoms with van der Waals surface area (Å²) in [6, 6.07) is 5.54. The second-order valence-corrected chi connectivity index (χ2v) is 8.88. The molecule has 0 aliphatic carbocycles. The topological polar surface area (TPSA) is 92.3 Å². The fraction of sp³-hybridized carbons (Fsp3) is 0.571. The summed E-state index contributed by atoms with van der Waals surface area (Å²) >= 11 is 0. The Bertz CT molecular complexity index is 867. The Morgan fingerprint density at radius 3 is 2.81 bits per heavy atom. The van der Waals surface area contributed by atoms with Gasteiger partial charge in [0.05, 0.1) is 19.8 Å². The molecule has 0 aromatic heterocycles. The first-order valence-corrected chi connectivity index (χ1v) is 12.7. The van der Waals surface area contributed by atoms with Gasteiger partial charge in [-0.1, -0.05) is 57.0 Å². The number of ether oxygens (including phenoxy) is 5. The van der Waals surface area contributed by atoms with Crippen molar-refractivity contribution in [3.05, 3.63) is 53.8 Å². The molecule has 1 aromatic carbocycles. The summed E-state index contributed by atoms with van der Waals surface area (Å²) in [6.07, 6.45) is 11.5. The van der Waals surface area contributed by atoms with Gasteiger partial charge in [-0.2, -0.15) is 0 Å². The van der Waals surface area contributed by atoms with Crippen LogP contribution in [0, 0.1) is 5.92 Å². The van der Waals surface area contributed by atoms with Crippen molar-refractivity contribution in [2.75, 3.05) is 27.6 Å². The van der Waals surface area contributed by atoms with Gasteiger partial charge in [-0.3, -0.25) is 5.32 Å². The van der Waals surface area contributed by atoms with E-state index in [1.165, 1.54) is 6.20 Å². The third kappa shape index (κ3) is 10.0. The summed E-state index contributed by atoms with van der Waals surface area (Å²) in [7, 11) is 3.12. The molecule has 200 valence electrons. The average Bonchev–Trinajstić information content (AvgIpc) is 2.88. The van der Waals surface area contributed by atoms with Gasteiger partial charge in [0.2, 0.25) is 0 Å². The van der Waals surface area contributed by atoms with Gasteiger partial charge in [-0.25, -0.2) is 9.59 Å². The summed E-state index contributed by atoms with van der Waals surface area (Å²) in [4.78, 5) is 25.2. The van der Waals surface area contributed by atoms with Crippen LogP contribution in [0.1, 0.15) is 68.3 Å². The minimum atomic E-state index is -0.501. The van der Waals surface area contributed by atoms with Crippen molar-refractivity contribution in [3.8, 4) is 5.75 Å². The molecule has 1 aliphatic heterocycles. The monoisotopic (exact) mass is 503 g/mol. The summed E-state index contributed by atoms with van der Waals surface area (Å²) in [6.45, 7) is 4.74. The van der Waals surface area contributed by atoms with Gasteiger partial charge in [-0.05, 0) is 36.8 Å². The maximum Gasteiger partial charge on any atom is 0.411 e. The first kappa shape index (κ1) is 29.4. The molecule has 8 nitrogen and oxygen atoms in total. The van der Waals surface area contributed by atoms with E-state index in [0.717, 1.165) is 31.2 Å². The lowest BCUT2D eigenvalue weighted by Gasteiger charge is -2.28. The van der Waals surface area contributed by atoms with Crippen LogP contribution in [-0.4, -0.2) is 51.9 Å². The van der Waals surface area contributed by atoms with Crippen LogP contribution in [0.5, 0.6) is 5.75 Å². The fourth-order valence-electron chi connectivity index (χ4n) is 4.01. The van der Waals surface area contributed by atoms with Crippen LogP contribution < -0.4 is 10.1 Å². The van der Waals surface area contributed by atoms with Crippen LogP contribution in [-0.2, 0) is 25.4 Å². The highest BCUT2D eigenvalue weighted by Gasteiger charge is 2.27. The van der Waals surface area contributed by atoms with Gasteiger partial charge in [-0.15, -0.1) is 0 Å². The zero-order chi connectivity index (χ0) is 26.2. The normalized spacial score (nSPS) is 21.6. The molecule has 0 saturated heterocycles. The highest BCUT2D eigenvalue weighted by Crippen LogP contribution is 2.28. The standard InChI is InChI=1S/C28H41NO7/c1-5-6-9-18-34-28(31)29-17-11-15-23-19-25(35-20-32-3)21(2)12-7-8-13-22-14-10-16-24(33-4)26(22)27(30)36-23/h7-8,10-11,14,16-17,21,23,25H,5-6,9,12-13,15,18-20H2,1-4H3,(H,29,31)/b8-7+,17-11+. The largest absolute Gasteiger partial charge is 0.496 e. The Labute approximate surface area is 215 Å². The van der Waals surface area contributed by atoms with Crippen LogP contribution in [0.3, 0.4) is 0 Å². The van der Waals surface area contributed by atoms with Crippen molar-refractivity contribution in [1.82, 2.24) is 5.32 Å². The number of fused-ring (bicyclic) bond motifs is 1. The SMILES string of the molecule is CCCCCOC(=O)N/C=C/CC1CC(OCOC)C(C)C/C=C/Cc2cccc(OC)c2C(=O)O1. The minimum absolute atomic E-state index is 0.150. The number of cyclic esters (lactones) is 1. The number of benzene rings is 1. The molecule has 3 atom stereocenters. The number of allylic oxidation sites excluding steroid dienone is 2. The van der Waals surface area contributed by atoms with Crippen LogP contribution in [0.4, 0.5) is 4.79 Å². The number of nitrogens with one attached hydrogen (secondary N) is 1. The summed E-state index contributed by atoms with van der Waals surface area (Å²) in [5.41, 5.74) is 1.27. The molecular weight excluding hydrogens is 462 g/mol. The molecule has 0 bridgehead atoms. The van der Waals surface area contributed by atoms with Crippen molar-refractivity contribution < 1.29 is 33.3 Å². The quantitative estimate of drug-likeness (QED) is 0.183. The molecule has 1 heterocycles. The van der Waals surface area contributed by atoms with Crippen molar-refractivity contribution in [1.29, 1.82) is 0 Å². The number of unbranched alkanes of at least 4 members (excludes halogenated alkanes) is 2. The zero-order valence-corrected chi connectivity index (χ0v) is 22.0. The first-order chi connectivity index (χ1) is 17.5. The highest BCUT2D eigenvalue weighted by atomic mass is 16.7. The Hall–Kier alpha value is -2.84. The molecule has 0 saturated carbocycles. The predicted octanol–water partition coefficient (Wildman–Crippen LogP) is 5.56. The number of amides is 1. The van der Waals surface area contributed by atoms with E-state index in [2.05, 4.69) is 31.3 Å². The number of hydrogen-bond donors (Lipinski definition) is 1. The lowest BCUT2D eigenvalue weighted by molar-refractivity contribution is -0.102. The number of rotatable bonds is 11. The maximum atomic E-state index is 13.3. The molecular formula is C28H41NO7. The van der Waals surface area contributed by atoms with Crippen LogP contribution in [0.15, 0.2) is 42.6 Å². The molecule has 8 heteroatoms. The summed E-state index contributed by atoms with van der Waals surface area (Å²) in [5.74, 6) is 0.212. The lowest BCUT2D eigenvalue weighted by atomic mass is 9.93. The maximum absolute atomic E-state index is 13.3. The van der Waals surface area contributed by atoms with Crippen LogP contribution in [0.25, 0.3) is 0 Å². The van der Waals surface area contributed by atoms with E-state index in [1.54, 1.807) is 26.4 Å².